The summed E-state index contributed by atoms with van der Waals surface area (Å²) in [5.41, 5.74) is 1.79. The number of hydrogen-bond acceptors (Lipinski definition) is 4. The van der Waals surface area contributed by atoms with Crippen molar-refractivity contribution in [3.8, 4) is 0 Å². The molecule has 28 heavy (non-hydrogen) atoms. The van der Waals surface area contributed by atoms with E-state index in [4.69, 9.17) is 0 Å². The number of nitrogens with zero attached hydrogens (tertiary/aromatic N) is 4. The smallest absolute Gasteiger partial charge is 0.223 e. The van der Waals surface area contributed by atoms with Gasteiger partial charge in [-0.25, -0.2) is 9.37 Å². The number of piperazine rings is 1. The zero-order chi connectivity index (χ0) is 19.3. The van der Waals surface area contributed by atoms with Gasteiger partial charge in [0.1, 0.15) is 11.6 Å². The van der Waals surface area contributed by atoms with Gasteiger partial charge in [-0.05, 0) is 49.1 Å². The van der Waals surface area contributed by atoms with E-state index in [1.54, 1.807) is 12.1 Å². The quantitative estimate of drug-likeness (QED) is 0.797. The van der Waals surface area contributed by atoms with Gasteiger partial charge in [-0.2, -0.15) is 0 Å². The summed E-state index contributed by atoms with van der Waals surface area (Å²) in [6, 6.07) is 11.0. The molecule has 2 aromatic rings. The lowest BCUT2D eigenvalue weighted by Gasteiger charge is -2.36. The number of amides is 1. The summed E-state index contributed by atoms with van der Waals surface area (Å²) in [5, 5.41) is 0. The highest BCUT2D eigenvalue weighted by molar-refractivity contribution is 5.77. The molecule has 1 amide bonds. The summed E-state index contributed by atoms with van der Waals surface area (Å²) in [5.74, 6) is 1.00. The predicted molar refractivity (Wildman–Crippen MR) is 109 cm³/mol. The summed E-state index contributed by atoms with van der Waals surface area (Å²) in [7, 11) is 0. The van der Waals surface area contributed by atoms with Crippen molar-refractivity contribution in [2.75, 3.05) is 49.1 Å². The summed E-state index contributed by atoms with van der Waals surface area (Å²) >= 11 is 0. The average Bonchev–Trinajstić information content (AvgIpc) is 3.28. The molecule has 5 nitrogen and oxygen atoms in total. The van der Waals surface area contributed by atoms with Crippen LogP contribution in [0.25, 0.3) is 0 Å². The van der Waals surface area contributed by atoms with Gasteiger partial charge < -0.3 is 14.7 Å². The summed E-state index contributed by atoms with van der Waals surface area (Å²) in [6.45, 7) is 4.76. The van der Waals surface area contributed by atoms with Crippen LogP contribution in [-0.4, -0.2) is 55.1 Å². The Labute approximate surface area is 165 Å². The highest BCUT2D eigenvalue weighted by atomic mass is 19.1. The van der Waals surface area contributed by atoms with E-state index in [9.17, 15) is 9.18 Å². The van der Waals surface area contributed by atoms with Crippen LogP contribution < -0.4 is 9.80 Å². The molecule has 2 fully saturated rings. The number of rotatable bonds is 5. The Bertz CT molecular complexity index is 814. The molecular formula is C22H27FN4O. The Morgan fingerprint density at radius 3 is 2.46 bits per heavy atom. The van der Waals surface area contributed by atoms with E-state index in [0.717, 1.165) is 30.9 Å². The van der Waals surface area contributed by atoms with E-state index >= 15 is 0 Å². The van der Waals surface area contributed by atoms with Crippen LogP contribution in [-0.2, 0) is 11.2 Å². The van der Waals surface area contributed by atoms with Crippen LogP contribution in [0, 0.1) is 5.82 Å². The second-order valence-corrected chi connectivity index (χ2v) is 7.54. The Balaban J connectivity index is 1.28. The van der Waals surface area contributed by atoms with Crippen molar-refractivity contribution < 1.29 is 9.18 Å². The van der Waals surface area contributed by atoms with Crippen LogP contribution in [0.4, 0.5) is 15.9 Å². The fourth-order valence-electron chi connectivity index (χ4n) is 4.05. The molecule has 0 bridgehead atoms. The number of aryl methyl sites for hydroxylation is 1. The monoisotopic (exact) mass is 382 g/mol. The van der Waals surface area contributed by atoms with E-state index < -0.39 is 0 Å². The third kappa shape index (κ3) is 4.26. The van der Waals surface area contributed by atoms with E-state index in [1.165, 1.54) is 18.9 Å². The molecule has 2 aliphatic rings. The largest absolute Gasteiger partial charge is 0.366 e. The highest BCUT2D eigenvalue weighted by Gasteiger charge is 2.22. The summed E-state index contributed by atoms with van der Waals surface area (Å²) < 4.78 is 14.0. The van der Waals surface area contributed by atoms with Gasteiger partial charge in [-0.1, -0.05) is 12.1 Å². The molecule has 0 N–H and O–H groups in total. The van der Waals surface area contributed by atoms with Crippen molar-refractivity contribution in [1.82, 2.24) is 9.88 Å². The number of aromatic nitrogens is 1. The molecule has 0 unspecified atom stereocenters. The maximum Gasteiger partial charge on any atom is 0.223 e. The molecule has 6 heteroatoms. The number of para-hydroxylation sites is 1. The minimum Gasteiger partial charge on any atom is -0.366 e. The van der Waals surface area contributed by atoms with Crippen molar-refractivity contribution in [3.05, 3.63) is 54.0 Å². The van der Waals surface area contributed by atoms with E-state index in [0.29, 0.717) is 38.3 Å². The number of pyridine rings is 1. The molecule has 0 spiro atoms. The first-order valence-electron chi connectivity index (χ1n) is 10.2. The van der Waals surface area contributed by atoms with Crippen molar-refractivity contribution in [1.29, 1.82) is 0 Å². The van der Waals surface area contributed by atoms with Crippen LogP contribution in [0.2, 0.25) is 0 Å². The highest BCUT2D eigenvalue weighted by Crippen LogP contribution is 2.21. The Hall–Kier alpha value is -2.63. The van der Waals surface area contributed by atoms with Gasteiger partial charge in [0.2, 0.25) is 5.91 Å². The minimum atomic E-state index is -0.200. The second-order valence-electron chi connectivity index (χ2n) is 7.54. The van der Waals surface area contributed by atoms with E-state index in [2.05, 4.69) is 16.0 Å². The lowest BCUT2D eigenvalue weighted by atomic mass is 10.1. The number of carbonyl (C=O) groups excluding carboxylic acids is 1. The van der Waals surface area contributed by atoms with Gasteiger partial charge in [-0.3, -0.25) is 4.79 Å². The number of benzene rings is 1. The van der Waals surface area contributed by atoms with Crippen LogP contribution in [0.15, 0.2) is 42.6 Å². The molecule has 3 heterocycles. The van der Waals surface area contributed by atoms with Crippen molar-refractivity contribution >= 4 is 17.4 Å². The Morgan fingerprint density at radius 1 is 0.964 bits per heavy atom. The second kappa shape index (κ2) is 8.59. The standard InChI is InChI=1S/C22H27FN4O/c23-19-5-1-2-6-20(19)25-13-15-27(16-14-25)22(28)8-7-18-9-10-24-21(17-18)26-11-3-4-12-26/h1-2,5-6,9-10,17H,3-4,7-8,11-16H2. The van der Waals surface area contributed by atoms with Gasteiger partial charge in [0.15, 0.2) is 0 Å². The van der Waals surface area contributed by atoms with Gasteiger partial charge >= 0.3 is 0 Å². The molecule has 0 saturated carbocycles. The molecule has 2 aliphatic heterocycles. The van der Waals surface area contributed by atoms with Gasteiger partial charge in [0.05, 0.1) is 5.69 Å². The SMILES string of the molecule is O=C(CCc1ccnc(N2CCCC2)c1)N1CCN(c2ccccc2F)CC1. The first kappa shape index (κ1) is 18.7. The fourth-order valence-corrected chi connectivity index (χ4v) is 4.05. The molecule has 0 aliphatic carbocycles. The number of halogens is 1. The van der Waals surface area contributed by atoms with Crippen molar-refractivity contribution in [2.45, 2.75) is 25.7 Å². The molecule has 148 valence electrons. The molecule has 1 aromatic heterocycles. The number of hydrogen-bond donors (Lipinski definition) is 0. The minimum absolute atomic E-state index is 0.174. The Kier molecular flexibility index (Phi) is 5.74. The van der Waals surface area contributed by atoms with Crippen LogP contribution >= 0.6 is 0 Å². The van der Waals surface area contributed by atoms with Gasteiger partial charge in [-0.15, -0.1) is 0 Å². The maximum atomic E-state index is 14.0. The molecule has 0 radical (unpaired) electrons. The average molecular weight is 382 g/mol. The van der Waals surface area contributed by atoms with E-state index in [1.807, 2.05) is 28.1 Å². The molecule has 0 atom stereocenters. The third-order valence-corrected chi connectivity index (χ3v) is 5.69. The summed E-state index contributed by atoms with van der Waals surface area (Å²) in [4.78, 5) is 23.3. The summed E-state index contributed by atoms with van der Waals surface area (Å²) in [6.07, 6.45) is 5.53. The number of carbonyl (C=O) groups is 1. The third-order valence-electron chi connectivity index (χ3n) is 5.69. The molecule has 1 aromatic carbocycles. The first-order chi connectivity index (χ1) is 13.7. The predicted octanol–water partition coefficient (Wildman–Crippen LogP) is 3.10. The Morgan fingerprint density at radius 2 is 1.71 bits per heavy atom. The van der Waals surface area contributed by atoms with Crippen molar-refractivity contribution in [3.63, 3.8) is 0 Å². The maximum absolute atomic E-state index is 14.0. The van der Waals surface area contributed by atoms with Gasteiger partial charge in [0.25, 0.3) is 0 Å². The van der Waals surface area contributed by atoms with Crippen LogP contribution in [0.3, 0.4) is 0 Å². The number of anilines is 2. The zero-order valence-electron chi connectivity index (χ0n) is 16.2. The molecule has 4 rings (SSSR count). The lowest BCUT2D eigenvalue weighted by molar-refractivity contribution is -0.131. The fraction of sp³-hybridized carbons (Fsp3) is 0.455. The first-order valence-corrected chi connectivity index (χ1v) is 10.2. The molecule has 2 saturated heterocycles. The van der Waals surface area contributed by atoms with Crippen LogP contribution in [0.5, 0.6) is 0 Å². The van der Waals surface area contributed by atoms with E-state index in [-0.39, 0.29) is 11.7 Å². The van der Waals surface area contributed by atoms with Crippen molar-refractivity contribution in [2.24, 2.45) is 0 Å². The lowest BCUT2D eigenvalue weighted by Crippen LogP contribution is -2.49. The zero-order valence-corrected chi connectivity index (χ0v) is 16.2. The normalized spacial score (nSPS) is 17.2. The van der Waals surface area contributed by atoms with Gasteiger partial charge in [0, 0.05) is 51.9 Å². The topological polar surface area (TPSA) is 39.7 Å². The molecular weight excluding hydrogens is 355 g/mol. The van der Waals surface area contributed by atoms with Crippen LogP contribution in [0.1, 0.15) is 24.8 Å².